The van der Waals surface area contributed by atoms with E-state index in [-0.39, 0.29) is 0 Å². The molecule has 0 bridgehead atoms. The lowest BCUT2D eigenvalue weighted by Crippen LogP contribution is -2.36. The minimum absolute atomic E-state index is 0.679. The number of hydrogen-bond acceptors (Lipinski definition) is 1. The average Bonchev–Trinajstić information content (AvgIpc) is 2.29. The van der Waals surface area contributed by atoms with Gasteiger partial charge in [0.05, 0.1) is 5.41 Å². The van der Waals surface area contributed by atoms with Gasteiger partial charge in [-0.25, -0.2) is 0 Å². The fourth-order valence-electron chi connectivity index (χ4n) is 2.43. The molecule has 0 aromatic heterocycles. The van der Waals surface area contributed by atoms with Crippen molar-refractivity contribution in [1.82, 2.24) is 0 Å². The molecule has 2 nitrogen and oxygen atoms in total. The Hall–Kier alpha value is -0.830. The Morgan fingerprint density at radius 3 is 2.18 bits per heavy atom. The average molecular weight is 299 g/mol. The quantitative estimate of drug-likeness (QED) is 0.846. The Labute approximate surface area is 111 Å². The maximum atomic E-state index is 11.7. The lowest BCUT2D eigenvalue weighted by Gasteiger charge is -2.30. The third kappa shape index (κ3) is 2.89. The molecule has 1 aromatic rings. The van der Waals surface area contributed by atoms with Gasteiger partial charge in [0.25, 0.3) is 0 Å². The molecule has 94 valence electrons. The van der Waals surface area contributed by atoms with E-state index in [9.17, 15) is 9.90 Å². The molecule has 0 unspecified atom stereocenters. The van der Waals surface area contributed by atoms with Gasteiger partial charge in [0.15, 0.2) is 0 Å². The molecule has 0 aliphatic carbocycles. The van der Waals surface area contributed by atoms with E-state index in [1.807, 2.05) is 38.1 Å². The van der Waals surface area contributed by atoms with Gasteiger partial charge in [-0.1, -0.05) is 60.8 Å². The first-order chi connectivity index (χ1) is 8.08. The van der Waals surface area contributed by atoms with Crippen molar-refractivity contribution in [3.8, 4) is 0 Å². The molecule has 1 aromatic carbocycles. The number of benzene rings is 1. The fraction of sp³-hybridized carbons (Fsp3) is 0.500. The van der Waals surface area contributed by atoms with Crippen LogP contribution in [0.5, 0.6) is 0 Å². The predicted molar refractivity (Wildman–Crippen MR) is 73.3 cm³/mol. The minimum Gasteiger partial charge on any atom is -0.481 e. The van der Waals surface area contributed by atoms with Crippen LogP contribution >= 0.6 is 15.9 Å². The van der Waals surface area contributed by atoms with E-state index in [1.165, 1.54) is 0 Å². The zero-order valence-corrected chi connectivity index (χ0v) is 12.0. The van der Waals surface area contributed by atoms with Crippen LogP contribution in [0.15, 0.2) is 28.7 Å². The van der Waals surface area contributed by atoms with Gasteiger partial charge >= 0.3 is 5.97 Å². The van der Waals surface area contributed by atoms with Crippen molar-refractivity contribution < 1.29 is 9.90 Å². The molecule has 0 saturated carbocycles. The van der Waals surface area contributed by atoms with Gasteiger partial charge in [-0.15, -0.1) is 0 Å². The highest BCUT2D eigenvalue weighted by Gasteiger charge is 2.39. The van der Waals surface area contributed by atoms with Crippen molar-refractivity contribution >= 4 is 21.9 Å². The number of carboxylic acid groups (broad SMARTS) is 1. The van der Waals surface area contributed by atoms with Gasteiger partial charge < -0.3 is 5.11 Å². The largest absolute Gasteiger partial charge is 0.481 e. The fourth-order valence-corrected chi connectivity index (χ4v) is 3.09. The van der Waals surface area contributed by atoms with Crippen LogP contribution < -0.4 is 0 Å². The van der Waals surface area contributed by atoms with Crippen LogP contribution in [-0.2, 0) is 10.2 Å². The van der Waals surface area contributed by atoms with Crippen molar-refractivity contribution in [2.45, 2.75) is 44.9 Å². The summed E-state index contributed by atoms with van der Waals surface area (Å²) in [6.07, 6.45) is 3.10. The minimum atomic E-state index is -0.746. The molecular weight excluding hydrogens is 280 g/mol. The summed E-state index contributed by atoms with van der Waals surface area (Å²) in [5.41, 5.74) is 0.153. The van der Waals surface area contributed by atoms with Crippen molar-refractivity contribution in [3.63, 3.8) is 0 Å². The molecule has 1 N–H and O–H groups in total. The lowest BCUT2D eigenvalue weighted by atomic mass is 9.73. The molecule has 0 spiro atoms. The Bertz CT molecular complexity index is 382. The SMILES string of the molecule is CCCC(CCC)(C(=O)O)c1ccccc1Br. The molecule has 0 heterocycles. The second-order valence-electron chi connectivity index (χ2n) is 4.37. The van der Waals surface area contributed by atoms with E-state index in [4.69, 9.17) is 0 Å². The number of hydrogen-bond donors (Lipinski definition) is 1. The number of carbonyl (C=O) groups is 1. The zero-order chi connectivity index (χ0) is 12.9. The summed E-state index contributed by atoms with van der Waals surface area (Å²) in [6, 6.07) is 7.66. The van der Waals surface area contributed by atoms with Gasteiger partial charge in [-0.05, 0) is 24.5 Å². The molecule has 0 aliphatic rings. The first kappa shape index (κ1) is 14.2. The monoisotopic (exact) mass is 298 g/mol. The van der Waals surface area contributed by atoms with Gasteiger partial charge in [0.2, 0.25) is 0 Å². The van der Waals surface area contributed by atoms with E-state index < -0.39 is 11.4 Å². The normalized spacial score (nSPS) is 11.5. The van der Waals surface area contributed by atoms with E-state index in [1.54, 1.807) is 0 Å². The summed E-state index contributed by atoms with van der Waals surface area (Å²) in [6.45, 7) is 4.06. The number of halogens is 1. The first-order valence-corrected chi connectivity index (χ1v) is 6.86. The van der Waals surface area contributed by atoms with E-state index in [0.29, 0.717) is 12.8 Å². The molecule has 1 rings (SSSR count). The van der Waals surface area contributed by atoms with Gasteiger partial charge in [-0.3, -0.25) is 4.79 Å². The Kier molecular flexibility index (Phi) is 5.19. The summed E-state index contributed by atoms with van der Waals surface area (Å²) in [5.74, 6) is -0.715. The summed E-state index contributed by atoms with van der Waals surface area (Å²) in [5, 5.41) is 9.64. The predicted octanol–water partition coefficient (Wildman–Crippen LogP) is 4.37. The van der Waals surface area contributed by atoms with Crippen molar-refractivity contribution in [3.05, 3.63) is 34.3 Å². The maximum absolute atomic E-state index is 11.7. The first-order valence-electron chi connectivity index (χ1n) is 6.07. The molecule has 0 saturated heterocycles. The van der Waals surface area contributed by atoms with Crippen LogP contribution in [0.1, 0.15) is 45.1 Å². The summed E-state index contributed by atoms with van der Waals surface area (Å²) >= 11 is 3.48. The number of aliphatic carboxylic acids is 1. The van der Waals surface area contributed by atoms with Crippen LogP contribution in [0.4, 0.5) is 0 Å². The van der Waals surface area contributed by atoms with Crippen LogP contribution in [-0.4, -0.2) is 11.1 Å². The molecule has 0 fully saturated rings. The number of rotatable bonds is 6. The molecule has 0 atom stereocenters. The standard InChI is InChI=1S/C14H19BrO2/c1-3-9-14(10-4-2,13(16)17)11-7-5-6-8-12(11)15/h5-8H,3-4,9-10H2,1-2H3,(H,16,17). The van der Waals surface area contributed by atoms with Crippen LogP contribution in [0.2, 0.25) is 0 Å². The van der Waals surface area contributed by atoms with Gasteiger partial charge in [-0.2, -0.15) is 0 Å². The van der Waals surface area contributed by atoms with Crippen molar-refractivity contribution in [2.24, 2.45) is 0 Å². The second kappa shape index (κ2) is 6.20. The van der Waals surface area contributed by atoms with E-state index in [0.717, 1.165) is 22.9 Å². The van der Waals surface area contributed by atoms with E-state index >= 15 is 0 Å². The maximum Gasteiger partial charge on any atom is 0.314 e. The van der Waals surface area contributed by atoms with Crippen LogP contribution in [0.25, 0.3) is 0 Å². The third-order valence-electron chi connectivity index (χ3n) is 3.15. The topological polar surface area (TPSA) is 37.3 Å². The Morgan fingerprint density at radius 1 is 1.24 bits per heavy atom. The Morgan fingerprint density at radius 2 is 1.76 bits per heavy atom. The molecule has 3 heteroatoms. The van der Waals surface area contributed by atoms with Crippen molar-refractivity contribution in [2.75, 3.05) is 0 Å². The second-order valence-corrected chi connectivity index (χ2v) is 5.22. The lowest BCUT2D eigenvalue weighted by molar-refractivity contribution is -0.144. The van der Waals surface area contributed by atoms with Crippen LogP contribution in [0.3, 0.4) is 0 Å². The van der Waals surface area contributed by atoms with Gasteiger partial charge in [0.1, 0.15) is 0 Å². The molecule has 0 radical (unpaired) electrons. The molecule has 0 amide bonds. The highest BCUT2D eigenvalue weighted by Crippen LogP contribution is 2.38. The van der Waals surface area contributed by atoms with Gasteiger partial charge in [0, 0.05) is 4.47 Å². The zero-order valence-electron chi connectivity index (χ0n) is 10.4. The highest BCUT2D eigenvalue weighted by molar-refractivity contribution is 9.10. The third-order valence-corrected chi connectivity index (χ3v) is 3.84. The smallest absolute Gasteiger partial charge is 0.314 e. The summed E-state index contributed by atoms with van der Waals surface area (Å²) in [4.78, 5) is 11.7. The number of carboxylic acids is 1. The molecular formula is C14H19BrO2. The highest BCUT2D eigenvalue weighted by atomic mass is 79.9. The van der Waals surface area contributed by atoms with E-state index in [2.05, 4.69) is 15.9 Å². The molecule has 17 heavy (non-hydrogen) atoms. The Balaban J connectivity index is 3.30. The van der Waals surface area contributed by atoms with Crippen molar-refractivity contribution in [1.29, 1.82) is 0 Å². The molecule has 0 aliphatic heterocycles. The van der Waals surface area contributed by atoms with Crippen LogP contribution in [0, 0.1) is 0 Å². The summed E-state index contributed by atoms with van der Waals surface area (Å²) < 4.78 is 0.893. The summed E-state index contributed by atoms with van der Waals surface area (Å²) in [7, 11) is 0.